The Morgan fingerprint density at radius 2 is 2.10 bits per heavy atom. The number of nitrogens with zero attached hydrogens (tertiary/aromatic N) is 2. The van der Waals surface area contributed by atoms with Crippen molar-refractivity contribution in [2.75, 3.05) is 18.6 Å². The number of thiazole rings is 1. The Kier molecular flexibility index (Phi) is 10.6. The number of carbonyl (C=O) groups is 2. The summed E-state index contributed by atoms with van der Waals surface area (Å²) in [5.74, 6) is 2.28. The van der Waals surface area contributed by atoms with E-state index in [1.165, 1.54) is 17.4 Å². The van der Waals surface area contributed by atoms with Gasteiger partial charge in [-0.05, 0) is 61.9 Å². The Bertz CT molecular complexity index is 1480. The molecule has 1 fully saturated rings. The van der Waals surface area contributed by atoms with Crippen molar-refractivity contribution in [3.8, 4) is 29.4 Å². The van der Waals surface area contributed by atoms with Gasteiger partial charge in [-0.25, -0.2) is 14.2 Å². The number of terminal acetylenes is 1. The number of hydrogen-bond donors (Lipinski definition) is 1. The lowest BCUT2D eigenvalue weighted by Gasteiger charge is -2.31. The molecule has 0 bridgehead atoms. The number of aliphatic carboxylic acids is 1. The highest BCUT2D eigenvalue weighted by Gasteiger charge is 2.32. The Balaban J connectivity index is 1.64. The summed E-state index contributed by atoms with van der Waals surface area (Å²) in [5.41, 5.74) is 3.50. The van der Waals surface area contributed by atoms with Gasteiger partial charge in [0.05, 0.1) is 37.0 Å². The van der Waals surface area contributed by atoms with Crippen molar-refractivity contribution in [2.24, 2.45) is 5.92 Å². The fourth-order valence-corrected chi connectivity index (χ4v) is 6.13. The first-order valence-electron chi connectivity index (χ1n) is 13.7. The van der Waals surface area contributed by atoms with Gasteiger partial charge in [0.15, 0.2) is 11.2 Å². The Morgan fingerprint density at radius 1 is 1.33 bits per heavy atom. The number of aromatic nitrogens is 1. The summed E-state index contributed by atoms with van der Waals surface area (Å²) in [7, 11) is 1.60. The van der Waals surface area contributed by atoms with Crippen LogP contribution in [0.25, 0.3) is 11.3 Å². The number of methoxy groups -OCH3 is 1. The molecule has 1 aromatic heterocycles. The molecule has 10 heteroatoms. The summed E-state index contributed by atoms with van der Waals surface area (Å²) < 4.78 is 26.2. The van der Waals surface area contributed by atoms with Crippen LogP contribution in [0.4, 0.5) is 9.52 Å². The van der Waals surface area contributed by atoms with Crippen molar-refractivity contribution in [3.05, 3.63) is 62.7 Å². The summed E-state index contributed by atoms with van der Waals surface area (Å²) in [6, 6.07) is 8.46. The molecule has 0 amide bonds. The maximum absolute atomic E-state index is 15.4. The highest BCUT2D eigenvalue weighted by Crippen LogP contribution is 2.44. The van der Waals surface area contributed by atoms with Crippen molar-refractivity contribution in [1.29, 1.82) is 0 Å². The van der Waals surface area contributed by atoms with Crippen LogP contribution in [-0.2, 0) is 20.9 Å². The van der Waals surface area contributed by atoms with Gasteiger partial charge in [-0.1, -0.05) is 42.5 Å². The Labute approximate surface area is 254 Å². The first-order chi connectivity index (χ1) is 20.2. The molecule has 1 heterocycles. The van der Waals surface area contributed by atoms with Gasteiger partial charge >= 0.3 is 5.97 Å². The van der Waals surface area contributed by atoms with Gasteiger partial charge < -0.3 is 24.3 Å². The van der Waals surface area contributed by atoms with Crippen molar-refractivity contribution >= 4 is 40.3 Å². The maximum Gasteiger partial charge on any atom is 0.332 e. The Hall–Kier alpha value is -3.45. The van der Waals surface area contributed by atoms with E-state index in [2.05, 4.69) is 10.8 Å². The second kappa shape index (κ2) is 14.1. The molecule has 42 heavy (non-hydrogen) atoms. The van der Waals surface area contributed by atoms with E-state index in [-0.39, 0.29) is 37.6 Å². The van der Waals surface area contributed by atoms with Crippen LogP contribution in [0.3, 0.4) is 0 Å². The van der Waals surface area contributed by atoms with E-state index in [0.29, 0.717) is 23.0 Å². The van der Waals surface area contributed by atoms with Gasteiger partial charge in [-0.2, -0.15) is 0 Å². The van der Waals surface area contributed by atoms with Crippen molar-refractivity contribution < 1.29 is 28.6 Å². The number of anilines is 1. The first kappa shape index (κ1) is 31.5. The first-order valence-corrected chi connectivity index (χ1v) is 14.9. The molecule has 1 aliphatic carbocycles. The van der Waals surface area contributed by atoms with Crippen LogP contribution in [0.1, 0.15) is 59.7 Å². The topological polar surface area (TPSA) is 89.0 Å². The van der Waals surface area contributed by atoms with Crippen LogP contribution >= 0.6 is 22.9 Å². The normalized spacial score (nSPS) is 14.2. The molecule has 2 atom stereocenters. The summed E-state index contributed by atoms with van der Waals surface area (Å²) in [6.45, 7) is 4.00. The molecular formula is C32H34ClFN2O5S. The molecule has 1 N–H and O–H groups in total. The second-order valence-electron chi connectivity index (χ2n) is 10.5. The van der Waals surface area contributed by atoms with Crippen molar-refractivity contribution in [3.63, 3.8) is 0 Å². The van der Waals surface area contributed by atoms with Crippen molar-refractivity contribution in [2.45, 2.75) is 64.7 Å². The zero-order valence-corrected chi connectivity index (χ0v) is 25.4. The summed E-state index contributed by atoms with van der Waals surface area (Å²) >= 11 is 8.15. The molecule has 0 aliphatic heterocycles. The smallest absolute Gasteiger partial charge is 0.332 e. The van der Waals surface area contributed by atoms with Crippen LogP contribution in [0.5, 0.6) is 5.75 Å². The minimum absolute atomic E-state index is 0.0274. The van der Waals surface area contributed by atoms with Crippen LogP contribution in [0.2, 0.25) is 5.02 Å². The third kappa shape index (κ3) is 7.49. The molecule has 2 aromatic carbocycles. The zero-order chi connectivity index (χ0) is 30.4. The van der Waals surface area contributed by atoms with E-state index in [9.17, 15) is 14.7 Å². The minimum atomic E-state index is -1.19. The molecule has 0 spiro atoms. The number of hydrogen-bond acceptors (Lipinski definition) is 7. The molecule has 1 aliphatic rings. The van der Waals surface area contributed by atoms with Gasteiger partial charge in [0, 0.05) is 22.4 Å². The number of carboxylic acid groups (broad SMARTS) is 1. The third-order valence-corrected chi connectivity index (χ3v) is 8.71. The lowest BCUT2D eigenvalue weighted by Crippen LogP contribution is -2.30. The number of carboxylic acids is 1. The van der Waals surface area contributed by atoms with E-state index < -0.39 is 17.9 Å². The van der Waals surface area contributed by atoms with E-state index in [0.717, 1.165) is 51.7 Å². The monoisotopic (exact) mass is 612 g/mol. The predicted molar refractivity (Wildman–Crippen MR) is 163 cm³/mol. The highest BCUT2D eigenvalue weighted by atomic mass is 35.5. The number of halogens is 2. The number of rotatable bonds is 15. The van der Waals surface area contributed by atoms with Gasteiger partial charge in [0.2, 0.25) is 0 Å². The SMILES string of the molecule is C#CCN(c1nc(-c2cc(C)c(OC)cc2Cl)c(C)s1)[C@@H](CC1CC1)c1ccc(COC(CCC=O)C(=O)O)c(F)c1. The number of carbonyl (C=O) groups excluding carboxylic acids is 1. The summed E-state index contributed by atoms with van der Waals surface area (Å²) in [5, 5.41) is 10.6. The van der Waals surface area contributed by atoms with Gasteiger partial charge in [0.25, 0.3) is 0 Å². The van der Waals surface area contributed by atoms with E-state index in [4.69, 9.17) is 32.5 Å². The fourth-order valence-electron chi connectivity index (χ4n) is 4.92. The van der Waals surface area contributed by atoms with Crippen LogP contribution in [0, 0.1) is 37.9 Å². The second-order valence-corrected chi connectivity index (χ2v) is 12.1. The number of aryl methyl sites for hydroxylation is 2. The molecular weight excluding hydrogens is 579 g/mol. The fraction of sp³-hybridized carbons (Fsp3) is 0.406. The molecule has 1 saturated carbocycles. The molecule has 222 valence electrons. The zero-order valence-electron chi connectivity index (χ0n) is 23.9. The molecule has 3 aromatic rings. The van der Waals surface area contributed by atoms with Gasteiger partial charge in [-0.15, -0.1) is 17.8 Å². The largest absolute Gasteiger partial charge is 0.496 e. The summed E-state index contributed by atoms with van der Waals surface area (Å²) in [6.07, 6.45) is 8.36. The van der Waals surface area contributed by atoms with E-state index in [1.807, 2.05) is 26.0 Å². The average molecular weight is 613 g/mol. The predicted octanol–water partition coefficient (Wildman–Crippen LogP) is 7.16. The average Bonchev–Trinajstić information content (AvgIpc) is 3.71. The lowest BCUT2D eigenvalue weighted by molar-refractivity contribution is -0.151. The van der Waals surface area contributed by atoms with Crippen LogP contribution in [-0.4, -0.2) is 42.1 Å². The minimum Gasteiger partial charge on any atom is -0.496 e. The van der Waals surface area contributed by atoms with E-state index >= 15 is 4.39 Å². The van der Waals surface area contributed by atoms with Crippen LogP contribution < -0.4 is 9.64 Å². The van der Waals surface area contributed by atoms with Crippen molar-refractivity contribution in [1.82, 2.24) is 4.98 Å². The quantitative estimate of drug-likeness (QED) is 0.144. The number of ether oxygens (including phenoxy) is 2. The molecule has 7 nitrogen and oxygen atoms in total. The molecule has 1 unspecified atom stereocenters. The van der Waals surface area contributed by atoms with Gasteiger partial charge in [0.1, 0.15) is 17.9 Å². The maximum atomic E-state index is 15.4. The molecule has 0 radical (unpaired) electrons. The standard InChI is InChI=1S/C32H34ClFN2O5S/c1-5-12-36(32-35-30(20(3)42-32)24-14-19(2)29(40-4)17-25(24)33)27(15-21-8-9-21)22-10-11-23(26(34)16-22)18-41-28(31(38)39)7-6-13-37/h1,10-11,13-14,16-17,21,27-28H,6-9,12,15,18H2,2-4H3,(H,38,39)/t27-,28?/m0/s1. The molecule has 4 rings (SSSR count). The summed E-state index contributed by atoms with van der Waals surface area (Å²) in [4.78, 5) is 30.1. The highest BCUT2D eigenvalue weighted by molar-refractivity contribution is 7.16. The van der Waals surface area contributed by atoms with E-state index in [1.54, 1.807) is 19.2 Å². The van der Waals surface area contributed by atoms with Gasteiger partial charge in [-0.3, -0.25) is 0 Å². The number of benzene rings is 2. The Morgan fingerprint density at radius 3 is 2.71 bits per heavy atom. The lowest BCUT2D eigenvalue weighted by atomic mass is 9.98. The van der Waals surface area contributed by atoms with Crippen LogP contribution in [0.15, 0.2) is 30.3 Å². The molecule has 0 saturated heterocycles. The third-order valence-electron chi connectivity index (χ3n) is 7.39. The number of aldehydes is 1.